The monoisotopic (exact) mass is 567 g/mol. The third-order valence-corrected chi connectivity index (χ3v) is 6.54. The molecule has 0 aromatic heterocycles. The van der Waals surface area contributed by atoms with Crippen LogP contribution in [0.4, 0.5) is 4.79 Å². The number of hydrogen-bond acceptors (Lipinski definition) is 7. The van der Waals surface area contributed by atoms with Gasteiger partial charge in [-0.3, -0.25) is 9.69 Å². The van der Waals surface area contributed by atoms with Crippen molar-refractivity contribution in [3.63, 3.8) is 0 Å². The molecular formula is C33H37N5O4. The van der Waals surface area contributed by atoms with Crippen LogP contribution in [0.15, 0.2) is 96.3 Å². The maximum Gasteiger partial charge on any atom is 0.407 e. The molecule has 0 aliphatic heterocycles. The second-order valence-corrected chi connectivity index (χ2v) is 9.63. The number of nitroso groups, excluding NO2 is 1. The largest absolute Gasteiger partial charge is 0.448 e. The van der Waals surface area contributed by atoms with Crippen molar-refractivity contribution in [3.05, 3.63) is 124 Å². The lowest BCUT2D eigenvalue weighted by molar-refractivity contribution is -0.116. The average Bonchev–Trinajstić information content (AvgIpc) is 3.00. The van der Waals surface area contributed by atoms with Crippen molar-refractivity contribution in [3.8, 4) is 0 Å². The summed E-state index contributed by atoms with van der Waals surface area (Å²) in [6, 6.07) is 25.6. The summed E-state index contributed by atoms with van der Waals surface area (Å²) in [6.45, 7) is 4.60. The Hall–Kier alpha value is -4.89. The zero-order valence-electron chi connectivity index (χ0n) is 23.8. The summed E-state index contributed by atoms with van der Waals surface area (Å²) >= 11 is 0. The molecule has 2 amide bonds. The number of ether oxygens (including phenoxy) is 1. The summed E-state index contributed by atoms with van der Waals surface area (Å²) in [7, 11) is 0. The SMILES string of the molecule is Cc1ccccc1/C(=C/CCN(CCOC(=O)NCc1ccccc1)Cc1ccc(C=CC(=O)NN=O)cc1)CC=N. The summed E-state index contributed by atoms with van der Waals surface area (Å²) in [5, 5.41) is 12.8. The van der Waals surface area contributed by atoms with Crippen LogP contribution in [0, 0.1) is 17.2 Å². The second-order valence-electron chi connectivity index (χ2n) is 9.63. The molecule has 0 aliphatic carbocycles. The Kier molecular flexibility index (Phi) is 13.4. The van der Waals surface area contributed by atoms with Crippen LogP contribution in [-0.4, -0.2) is 42.8 Å². The minimum Gasteiger partial charge on any atom is -0.448 e. The molecule has 3 N–H and O–H groups in total. The molecule has 9 heteroatoms. The van der Waals surface area contributed by atoms with Crippen LogP contribution < -0.4 is 10.7 Å². The Morgan fingerprint density at radius 2 is 1.69 bits per heavy atom. The van der Waals surface area contributed by atoms with Crippen molar-refractivity contribution < 1.29 is 14.3 Å². The number of aryl methyl sites for hydroxylation is 1. The topological polar surface area (TPSA) is 124 Å². The molecule has 9 nitrogen and oxygen atoms in total. The third-order valence-electron chi connectivity index (χ3n) is 6.54. The summed E-state index contributed by atoms with van der Waals surface area (Å²) in [5.41, 5.74) is 8.12. The van der Waals surface area contributed by atoms with E-state index >= 15 is 0 Å². The molecule has 0 radical (unpaired) electrons. The molecule has 0 atom stereocenters. The number of rotatable bonds is 16. The van der Waals surface area contributed by atoms with Gasteiger partial charge in [0, 0.05) is 38.7 Å². The highest BCUT2D eigenvalue weighted by atomic mass is 16.5. The molecular weight excluding hydrogens is 530 g/mol. The maximum atomic E-state index is 12.3. The van der Waals surface area contributed by atoms with Gasteiger partial charge in [-0.1, -0.05) is 84.9 Å². The highest BCUT2D eigenvalue weighted by Gasteiger charge is 2.10. The summed E-state index contributed by atoms with van der Waals surface area (Å²) in [4.78, 5) is 36.1. The second kappa shape index (κ2) is 17.7. The van der Waals surface area contributed by atoms with Crippen molar-refractivity contribution in [1.82, 2.24) is 15.6 Å². The predicted octanol–water partition coefficient (Wildman–Crippen LogP) is 6.05. The molecule has 0 heterocycles. The first kappa shape index (κ1) is 31.6. The van der Waals surface area contributed by atoms with E-state index in [9.17, 15) is 14.5 Å². The third kappa shape index (κ3) is 11.3. The van der Waals surface area contributed by atoms with E-state index in [1.54, 1.807) is 6.08 Å². The van der Waals surface area contributed by atoms with Crippen LogP contribution in [0.5, 0.6) is 0 Å². The fraction of sp³-hybridized carbons (Fsp3) is 0.242. The zero-order valence-corrected chi connectivity index (χ0v) is 23.8. The van der Waals surface area contributed by atoms with E-state index in [0.29, 0.717) is 26.1 Å². The number of nitrogens with one attached hydrogen (secondary N) is 3. The quantitative estimate of drug-likeness (QED) is 0.0842. The Bertz CT molecular complexity index is 1370. The van der Waals surface area contributed by atoms with Gasteiger partial charge in [0.25, 0.3) is 5.91 Å². The molecule has 0 fully saturated rings. The molecule has 42 heavy (non-hydrogen) atoms. The van der Waals surface area contributed by atoms with Crippen LogP contribution in [-0.2, 0) is 22.6 Å². The number of alkyl carbamates (subject to hydrolysis) is 1. The van der Waals surface area contributed by atoms with Crippen LogP contribution >= 0.6 is 0 Å². The van der Waals surface area contributed by atoms with E-state index in [4.69, 9.17) is 10.1 Å². The molecule has 0 aliphatic rings. The van der Waals surface area contributed by atoms with Gasteiger partial charge < -0.3 is 15.5 Å². The van der Waals surface area contributed by atoms with Crippen molar-refractivity contribution in [2.24, 2.45) is 5.29 Å². The fourth-order valence-corrected chi connectivity index (χ4v) is 4.37. The van der Waals surface area contributed by atoms with E-state index in [-0.39, 0.29) is 6.61 Å². The predicted molar refractivity (Wildman–Crippen MR) is 166 cm³/mol. The van der Waals surface area contributed by atoms with Crippen LogP contribution in [0.2, 0.25) is 0 Å². The van der Waals surface area contributed by atoms with Gasteiger partial charge in [0.15, 0.2) is 0 Å². The smallest absolute Gasteiger partial charge is 0.407 e. The zero-order chi connectivity index (χ0) is 30.0. The van der Waals surface area contributed by atoms with Crippen LogP contribution in [0.25, 0.3) is 11.6 Å². The molecule has 3 rings (SSSR count). The Balaban J connectivity index is 1.63. The van der Waals surface area contributed by atoms with Gasteiger partial charge >= 0.3 is 6.09 Å². The van der Waals surface area contributed by atoms with Crippen LogP contribution in [0.1, 0.15) is 40.7 Å². The Morgan fingerprint density at radius 3 is 2.40 bits per heavy atom. The molecule has 0 spiro atoms. The van der Waals surface area contributed by atoms with E-state index in [1.807, 2.05) is 72.2 Å². The molecule has 218 valence electrons. The number of carbonyl (C=O) groups is 2. The first-order valence-electron chi connectivity index (χ1n) is 13.8. The van der Waals surface area contributed by atoms with Gasteiger partial charge in [0.05, 0.1) is 5.29 Å². The number of hydrogen-bond donors (Lipinski definition) is 3. The van der Waals surface area contributed by atoms with E-state index in [2.05, 4.69) is 40.6 Å². The molecule has 0 saturated heterocycles. The highest BCUT2D eigenvalue weighted by Crippen LogP contribution is 2.22. The molecule has 0 bridgehead atoms. The first-order valence-corrected chi connectivity index (χ1v) is 13.8. The molecule has 0 saturated carbocycles. The summed E-state index contributed by atoms with van der Waals surface area (Å²) in [6.07, 6.45) is 7.31. The lowest BCUT2D eigenvalue weighted by Gasteiger charge is -2.22. The normalized spacial score (nSPS) is 11.3. The van der Waals surface area contributed by atoms with E-state index < -0.39 is 12.0 Å². The number of nitrogens with zero attached hydrogens (tertiary/aromatic N) is 2. The minimum absolute atomic E-state index is 0.232. The van der Waals surface area contributed by atoms with Gasteiger partial charge in [0.2, 0.25) is 0 Å². The number of allylic oxidation sites excluding steroid dienone is 1. The lowest BCUT2D eigenvalue weighted by Crippen LogP contribution is -2.31. The Morgan fingerprint density at radius 1 is 0.952 bits per heavy atom. The average molecular weight is 568 g/mol. The van der Waals surface area contributed by atoms with Crippen LogP contribution in [0.3, 0.4) is 0 Å². The number of carbonyl (C=O) groups excluding carboxylic acids is 2. The fourth-order valence-electron chi connectivity index (χ4n) is 4.37. The van der Waals surface area contributed by atoms with Crippen molar-refractivity contribution in [2.75, 3.05) is 19.7 Å². The van der Waals surface area contributed by atoms with Gasteiger partial charge in [-0.05, 0) is 59.0 Å². The van der Waals surface area contributed by atoms with Crippen molar-refractivity contribution in [2.45, 2.75) is 32.9 Å². The molecule has 3 aromatic carbocycles. The highest BCUT2D eigenvalue weighted by molar-refractivity contribution is 5.91. The lowest BCUT2D eigenvalue weighted by atomic mass is 9.97. The Labute approximate surface area is 246 Å². The molecule has 0 unspecified atom stereocenters. The van der Waals surface area contributed by atoms with E-state index in [1.165, 1.54) is 17.9 Å². The number of amides is 2. The molecule has 3 aromatic rings. The minimum atomic E-state index is -0.589. The standard InChI is InChI=1S/C33H37N5O4/c1-26-8-5-6-12-31(26)30(19-20-34)11-7-21-38(22-23-42-33(40)35-24-28-9-3-2-4-10-28)25-29-15-13-27(14-16-29)17-18-32(39)36-37-41/h2-6,8-18,20,34H,7,19,21-25H2,1H3,(H,35,40)(H,36,39,41)/b18-17?,30-11+,34-20?. The van der Waals surface area contributed by atoms with Gasteiger partial charge in [-0.25, -0.2) is 10.2 Å². The van der Waals surface area contributed by atoms with E-state index in [0.717, 1.165) is 40.8 Å². The summed E-state index contributed by atoms with van der Waals surface area (Å²) in [5.74, 6) is -0.589. The van der Waals surface area contributed by atoms with Gasteiger partial charge in [0.1, 0.15) is 6.61 Å². The van der Waals surface area contributed by atoms with Crippen molar-refractivity contribution in [1.29, 1.82) is 5.41 Å². The first-order chi connectivity index (χ1) is 20.5. The van der Waals surface area contributed by atoms with Crippen molar-refractivity contribution >= 4 is 29.9 Å². The maximum absolute atomic E-state index is 12.3. The van der Waals surface area contributed by atoms with Gasteiger partial charge in [-0.2, -0.15) is 0 Å². The van der Waals surface area contributed by atoms with Gasteiger partial charge in [-0.15, -0.1) is 4.91 Å². The summed E-state index contributed by atoms with van der Waals surface area (Å²) < 4.78 is 5.46. The number of benzene rings is 3.